The molecule has 0 radical (unpaired) electrons. The molecule has 0 saturated carbocycles. The third kappa shape index (κ3) is 6.38. The van der Waals surface area contributed by atoms with Crippen molar-refractivity contribution in [2.45, 2.75) is 27.7 Å². The zero-order valence-electron chi connectivity index (χ0n) is 21.5. The average Bonchev–Trinajstić information content (AvgIpc) is 3.13. The SMILES string of the molecule is CCOc1cc(/C=C2\SC(=S)N(c3ccc(C)cc3C)C2=O)cc(Cl)c1OCC(=O)Nc1ccc(C)cc1. The second kappa shape index (κ2) is 12.0. The second-order valence-corrected chi connectivity index (χ2v) is 10.9. The van der Waals surface area contributed by atoms with Crippen LogP contribution in [0.3, 0.4) is 0 Å². The summed E-state index contributed by atoms with van der Waals surface area (Å²) in [6.07, 6.45) is 1.73. The van der Waals surface area contributed by atoms with Crippen molar-refractivity contribution in [3.05, 3.63) is 86.8 Å². The van der Waals surface area contributed by atoms with Crippen LogP contribution in [0.15, 0.2) is 59.5 Å². The minimum atomic E-state index is -0.327. The van der Waals surface area contributed by atoms with Crippen LogP contribution in [0.2, 0.25) is 5.02 Å². The molecular weight excluding hydrogens is 540 g/mol. The van der Waals surface area contributed by atoms with Gasteiger partial charge in [-0.15, -0.1) is 0 Å². The van der Waals surface area contributed by atoms with Crippen LogP contribution in [0.5, 0.6) is 11.5 Å². The number of nitrogens with zero attached hydrogens (tertiary/aromatic N) is 1. The standard InChI is InChI=1S/C29H27ClN2O4S2/c1-5-35-24-14-20(13-22(30)27(24)36-16-26(33)31-21-9-6-17(2)7-10-21)15-25-28(34)32(29(37)38-25)23-11-8-18(3)12-19(23)4/h6-15H,5,16H2,1-4H3,(H,31,33)/b25-15-. The summed E-state index contributed by atoms with van der Waals surface area (Å²) in [5.41, 5.74) is 5.27. The lowest BCUT2D eigenvalue weighted by Gasteiger charge is -2.17. The highest BCUT2D eigenvalue weighted by Gasteiger charge is 2.34. The Bertz CT molecular complexity index is 1440. The molecule has 0 unspecified atom stereocenters. The lowest BCUT2D eigenvalue weighted by atomic mass is 10.1. The van der Waals surface area contributed by atoms with Gasteiger partial charge in [0.1, 0.15) is 0 Å². The maximum Gasteiger partial charge on any atom is 0.270 e. The van der Waals surface area contributed by atoms with Crippen LogP contribution in [0.4, 0.5) is 11.4 Å². The molecule has 0 aliphatic carbocycles. The monoisotopic (exact) mass is 566 g/mol. The van der Waals surface area contributed by atoms with E-state index in [1.807, 2.05) is 70.2 Å². The van der Waals surface area contributed by atoms with Gasteiger partial charge in [0.25, 0.3) is 11.8 Å². The van der Waals surface area contributed by atoms with E-state index in [4.69, 9.17) is 33.3 Å². The Morgan fingerprint density at radius 1 is 1.05 bits per heavy atom. The van der Waals surface area contributed by atoms with Crippen LogP contribution in [0.1, 0.15) is 29.2 Å². The molecule has 0 bridgehead atoms. The summed E-state index contributed by atoms with van der Waals surface area (Å²) >= 11 is 13.3. The molecule has 1 heterocycles. The maximum absolute atomic E-state index is 13.3. The molecule has 38 heavy (non-hydrogen) atoms. The van der Waals surface area contributed by atoms with Gasteiger partial charge in [-0.3, -0.25) is 14.5 Å². The second-order valence-electron chi connectivity index (χ2n) is 8.77. The average molecular weight is 567 g/mol. The van der Waals surface area contributed by atoms with Gasteiger partial charge in [0.05, 0.1) is 22.2 Å². The topological polar surface area (TPSA) is 67.9 Å². The molecule has 1 N–H and O–H groups in total. The molecule has 196 valence electrons. The predicted octanol–water partition coefficient (Wildman–Crippen LogP) is 7.09. The van der Waals surface area contributed by atoms with Gasteiger partial charge in [-0.1, -0.05) is 71.0 Å². The highest BCUT2D eigenvalue weighted by Crippen LogP contribution is 2.40. The molecule has 0 spiro atoms. The number of ether oxygens (including phenoxy) is 2. The molecule has 3 aromatic rings. The lowest BCUT2D eigenvalue weighted by Crippen LogP contribution is -2.28. The highest BCUT2D eigenvalue weighted by atomic mass is 35.5. The molecule has 0 aromatic heterocycles. The fraction of sp³-hybridized carbons (Fsp3) is 0.207. The molecule has 1 fully saturated rings. The zero-order chi connectivity index (χ0) is 27.4. The largest absolute Gasteiger partial charge is 0.490 e. The van der Waals surface area contributed by atoms with E-state index >= 15 is 0 Å². The van der Waals surface area contributed by atoms with Gasteiger partial charge in [0.2, 0.25) is 0 Å². The fourth-order valence-corrected chi connectivity index (χ4v) is 5.49. The van der Waals surface area contributed by atoms with E-state index in [-0.39, 0.29) is 29.2 Å². The van der Waals surface area contributed by atoms with Gasteiger partial charge < -0.3 is 14.8 Å². The van der Waals surface area contributed by atoms with E-state index in [1.54, 1.807) is 23.1 Å². The van der Waals surface area contributed by atoms with Crippen molar-refractivity contribution in [2.24, 2.45) is 0 Å². The van der Waals surface area contributed by atoms with E-state index in [9.17, 15) is 9.59 Å². The van der Waals surface area contributed by atoms with Crippen molar-refractivity contribution < 1.29 is 19.1 Å². The Hall–Kier alpha value is -3.33. The quantitative estimate of drug-likeness (QED) is 0.232. The van der Waals surface area contributed by atoms with Gasteiger partial charge in [0.15, 0.2) is 22.4 Å². The van der Waals surface area contributed by atoms with Crippen molar-refractivity contribution >= 4 is 69.2 Å². The maximum atomic E-state index is 13.3. The van der Waals surface area contributed by atoms with Crippen molar-refractivity contribution in [1.29, 1.82) is 0 Å². The molecule has 6 nitrogen and oxygen atoms in total. The van der Waals surface area contributed by atoms with E-state index in [1.165, 1.54) is 11.8 Å². The van der Waals surface area contributed by atoms with Gasteiger partial charge in [-0.25, -0.2) is 0 Å². The summed E-state index contributed by atoms with van der Waals surface area (Å²) in [4.78, 5) is 27.7. The first-order valence-corrected chi connectivity index (χ1v) is 13.6. The van der Waals surface area contributed by atoms with Gasteiger partial charge in [-0.05, 0) is 75.2 Å². The first-order valence-electron chi connectivity index (χ1n) is 12.0. The molecule has 2 amide bonds. The smallest absolute Gasteiger partial charge is 0.270 e. The summed E-state index contributed by atoms with van der Waals surface area (Å²) in [5, 5.41) is 3.05. The van der Waals surface area contributed by atoms with Crippen molar-refractivity contribution in [2.75, 3.05) is 23.4 Å². The van der Waals surface area contributed by atoms with Crippen LogP contribution in [-0.4, -0.2) is 29.3 Å². The predicted molar refractivity (Wildman–Crippen MR) is 159 cm³/mol. The Kier molecular flexibility index (Phi) is 8.76. The third-order valence-corrected chi connectivity index (χ3v) is 7.28. The summed E-state index contributed by atoms with van der Waals surface area (Å²) in [6, 6.07) is 16.7. The first-order chi connectivity index (χ1) is 18.2. The third-order valence-electron chi connectivity index (χ3n) is 5.70. The number of carbonyl (C=O) groups excluding carboxylic acids is 2. The minimum absolute atomic E-state index is 0.200. The Labute approximate surface area is 237 Å². The minimum Gasteiger partial charge on any atom is -0.490 e. The first kappa shape index (κ1) is 27.7. The van der Waals surface area contributed by atoms with Crippen LogP contribution in [-0.2, 0) is 9.59 Å². The lowest BCUT2D eigenvalue weighted by molar-refractivity contribution is -0.118. The molecule has 3 aromatic carbocycles. The van der Waals surface area contributed by atoms with Crippen LogP contribution >= 0.6 is 35.6 Å². The Balaban J connectivity index is 1.53. The van der Waals surface area contributed by atoms with Crippen LogP contribution in [0, 0.1) is 20.8 Å². The normalized spacial score (nSPS) is 14.2. The molecule has 1 saturated heterocycles. The number of halogens is 1. The van der Waals surface area contributed by atoms with Crippen LogP contribution in [0.25, 0.3) is 6.08 Å². The molecule has 9 heteroatoms. The summed E-state index contributed by atoms with van der Waals surface area (Å²) in [5.74, 6) is 0.104. The number of aryl methyl sites for hydroxylation is 3. The van der Waals surface area contributed by atoms with E-state index < -0.39 is 0 Å². The number of nitrogens with one attached hydrogen (secondary N) is 1. The zero-order valence-corrected chi connectivity index (χ0v) is 23.9. The van der Waals surface area contributed by atoms with Crippen molar-refractivity contribution in [3.63, 3.8) is 0 Å². The van der Waals surface area contributed by atoms with Crippen LogP contribution < -0.4 is 19.7 Å². The van der Waals surface area contributed by atoms with Gasteiger partial charge >= 0.3 is 0 Å². The molecule has 4 rings (SSSR count). The number of hydrogen-bond donors (Lipinski definition) is 1. The number of thioether (sulfide) groups is 1. The fourth-order valence-electron chi connectivity index (χ4n) is 3.93. The number of hydrogen-bond acceptors (Lipinski definition) is 6. The Morgan fingerprint density at radius 2 is 1.76 bits per heavy atom. The molecular formula is C29H27ClN2O4S2. The molecule has 0 atom stereocenters. The summed E-state index contributed by atoms with van der Waals surface area (Å²) in [6.45, 7) is 7.89. The van der Waals surface area contributed by atoms with Gasteiger partial charge in [-0.2, -0.15) is 0 Å². The van der Waals surface area contributed by atoms with Crippen molar-refractivity contribution in [1.82, 2.24) is 0 Å². The number of rotatable bonds is 8. The summed E-state index contributed by atoms with van der Waals surface area (Å²) < 4.78 is 12.0. The molecule has 1 aliphatic heterocycles. The van der Waals surface area contributed by atoms with E-state index in [0.717, 1.165) is 22.4 Å². The van der Waals surface area contributed by atoms with E-state index in [0.29, 0.717) is 32.8 Å². The Morgan fingerprint density at radius 3 is 2.45 bits per heavy atom. The molecule has 1 aliphatic rings. The highest BCUT2D eigenvalue weighted by molar-refractivity contribution is 8.27. The van der Waals surface area contributed by atoms with Gasteiger partial charge in [0, 0.05) is 5.69 Å². The van der Waals surface area contributed by atoms with E-state index in [2.05, 4.69) is 5.32 Å². The summed E-state index contributed by atoms with van der Waals surface area (Å²) in [7, 11) is 0. The van der Waals surface area contributed by atoms with Crippen molar-refractivity contribution in [3.8, 4) is 11.5 Å². The number of benzene rings is 3. The number of thiocarbonyl (C=S) groups is 1. The number of anilines is 2. The number of amides is 2. The number of carbonyl (C=O) groups is 2.